The molecular formula is C19H30N2O. The van der Waals surface area contributed by atoms with Crippen LogP contribution < -0.4 is 5.32 Å². The fourth-order valence-corrected chi connectivity index (χ4v) is 3.40. The highest BCUT2D eigenvalue weighted by molar-refractivity contribution is 5.78. The lowest BCUT2D eigenvalue weighted by atomic mass is 9.86. The van der Waals surface area contributed by atoms with Crippen LogP contribution in [-0.4, -0.2) is 30.4 Å². The molecule has 1 saturated carbocycles. The number of hydrogen-bond donors (Lipinski definition) is 1. The van der Waals surface area contributed by atoms with Crippen molar-refractivity contribution in [3.63, 3.8) is 0 Å². The van der Waals surface area contributed by atoms with Gasteiger partial charge in [0.2, 0.25) is 5.91 Å². The number of hydrogen-bond acceptors (Lipinski definition) is 2. The molecule has 1 aliphatic carbocycles. The Balaban J connectivity index is 1.83. The van der Waals surface area contributed by atoms with Crippen molar-refractivity contribution in [3.8, 4) is 0 Å². The maximum absolute atomic E-state index is 12.2. The summed E-state index contributed by atoms with van der Waals surface area (Å²) in [6.07, 6.45) is 4.92. The minimum atomic E-state index is 0.158. The SMILES string of the molecule is Cc1ccc(CN(C)CC(=O)N[C@@H]2CCCC[C@@H]2C)c(C)c1. The average molecular weight is 302 g/mol. The average Bonchev–Trinajstić information content (AvgIpc) is 2.44. The smallest absolute Gasteiger partial charge is 0.234 e. The molecule has 1 N–H and O–H groups in total. The molecule has 0 heterocycles. The van der Waals surface area contributed by atoms with E-state index in [0.717, 1.165) is 13.0 Å². The van der Waals surface area contributed by atoms with Gasteiger partial charge < -0.3 is 5.32 Å². The van der Waals surface area contributed by atoms with Gasteiger partial charge in [-0.15, -0.1) is 0 Å². The van der Waals surface area contributed by atoms with Crippen LogP contribution in [-0.2, 0) is 11.3 Å². The normalized spacial score (nSPS) is 21.9. The number of likely N-dealkylation sites (N-methyl/N-ethyl adjacent to an activating group) is 1. The first kappa shape index (κ1) is 17.0. The Morgan fingerprint density at radius 1 is 1.27 bits per heavy atom. The number of amides is 1. The lowest BCUT2D eigenvalue weighted by Gasteiger charge is -2.30. The molecular weight excluding hydrogens is 272 g/mol. The van der Waals surface area contributed by atoms with Crippen LogP contribution in [0.15, 0.2) is 18.2 Å². The maximum Gasteiger partial charge on any atom is 0.234 e. The van der Waals surface area contributed by atoms with E-state index in [0.29, 0.717) is 18.5 Å². The van der Waals surface area contributed by atoms with Crippen LogP contribution in [0.1, 0.15) is 49.3 Å². The van der Waals surface area contributed by atoms with Gasteiger partial charge in [0.05, 0.1) is 6.54 Å². The van der Waals surface area contributed by atoms with Crippen LogP contribution in [0.25, 0.3) is 0 Å². The number of carbonyl (C=O) groups excluding carboxylic acids is 1. The van der Waals surface area contributed by atoms with Crippen molar-refractivity contribution >= 4 is 5.91 Å². The molecule has 0 saturated heterocycles. The standard InChI is InChI=1S/C19H30N2O/c1-14-9-10-17(16(3)11-14)12-21(4)13-19(22)20-18-8-6-5-7-15(18)2/h9-11,15,18H,5-8,12-13H2,1-4H3,(H,20,22)/t15-,18+/m0/s1. The van der Waals surface area contributed by atoms with Gasteiger partial charge >= 0.3 is 0 Å². The Kier molecular flexibility index (Phi) is 6.01. The minimum Gasteiger partial charge on any atom is -0.352 e. The summed E-state index contributed by atoms with van der Waals surface area (Å²) >= 11 is 0. The van der Waals surface area contributed by atoms with Gasteiger partial charge in [0.25, 0.3) is 0 Å². The molecule has 2 atom stereocenters. The second-order valence-corrected chi connectivity index (χ2v) is 7.04. The Hall–Kier alpha value is -1.35. The number of nitrogens with zero attached hydrogens (tertiary/aromatic N) is 1. The zero-order valence-electron chi connectivity index (χ0n) is 14.5. The molecule has 0 bridgehead atoms. The van der Waals surface area contributed by atoms with Crippen LogP contribution >= 0.6 is 0 Å². The van der Waals surface area contributed by atoms with Gasteiger partial charge in [-0.25, -0.2) is 0 Å². The Morgan fingerprint density at radius 3 is 2.68 bits per heavy atom. The quantitative estimate of drug-likeness (QED) is 0.904. The van der Waals surface area contributed by atoms with Gasteiger partial charge in [-0.2, -0.15) is 0 Å². The summed E-state index contributed by atoms with van der Waals surface area (Å²) < 4.78 is 0. The summed E-state index contributed by atoms with van der Waals surface area (Å²) in [7, 11) is 2.02. The summed E-state index contributed by atoms with van der Waals surface area (Å²) in [6.45, 7) is 7.79. The van der Waals surface area contributed by atoms with Gasteiger partial charge in [0, 0.05) is 12.6 Å². The fraction of sp³-hybridized carbons (Fsp3) is 0.632. The van der Waals surface area contributed by atoms with Crippen molar-refractivity contribution in [2.75, 3.05) is 13.6 Å². The number of nitrogens with one attached hydrogen (secondary N) is 1. The highest BCUT2D eigenvalue weighted by Gasteiger charge is 2.23. The maximum atomic E-state index is 12.2. The van der Waals surface area contributed by atoms with E-state index in [1.54, 1.807) is 0 Å². The van der Waals surface area contributed by atoms with E-state index < -0.39 is 0 Å². The zero-order chi connectivity index (χ0) is 16.1. The van der Waals surface area contributed by atoms with Crippen molar-refractivity contribution in [2.24, 2.45) is 5.92 Å². The molecule has 0 radical (unpaired) electrons. The van der Waals surface area contributed by atoms with Crippen LogP contribution in [0.2, 0.25) is 0 Å². The third-order valence-electron chi connectivity index (χ3n) is 4.81. The lowest BCUT2D eigenvalue weighted by Crippen LogP contribution is -2.44. The first-order valence-electron chi connectivity index (χ1n) is 8.49. The third kappa shape index (κ3) is 4.84. The molecule has 0 spiro atoms. The van der Waals surface area contributed by atoms with Crippen molar-refractivity contribution in [1.29, 1.82) is 0 Å². The molecule has 1 fully saturated rings. The molecule has 1 aromatic rings. The highest BCUT2D eigenvalue weighted by Crippen LogP contribution is 2.23. The van der Waals surface area contributed by atoms with Crippen molar-refractivity contribution in [1.82, 2.24) is 10.2 Å². The molecule has 0 aromatic heterocycles. The molecule has 3 heteroatoms. The molecule has 1 aliphatic rings. The number of carbonyl (C=O) groups is 1. The number of aryl methyl sites for hydroxylation is 2. The first-order valence-corrected chi connectivity index (χ1v) is 8.49. The topological polar surface area (TPSA) is 32.3 Å². The van der Waals surface area contributed by atoms with Gasteiger partial charge in [0.1, 0.15) is 0 Å². The summed E-state index contributed by atoms with van der Waals surface area (Å²) in [5.74, 6) is 0.772. The van der Waals surface area contributed by atoms with Gasteiger partial charge in [-0.05, 0) is 50.8 Å². The van der Waals surface area contributed by atoms with E-state index in [1.807, 2.05) is 7.05 Å². The second-order valence-electron chi connectivity index (χ2n) is 7.04. The van der Waals surface area contributed by atoms with Crippen molar-refractivity contribution in [3.05, 3.63) is 34.9 Å². The van der Waals surface area contributed by atoms with Crippen LogP contribution in [0.4, 0.5) is 0 Å². The summed E-state index contributed by atoms with van der Waals surface area (Å²) in [6, 6.07) is 6.88. The molecule has 1 aromatic carbocycles. The molecule has 3 nitrogen and oxygen atoms in total. The predicted octanol–water partition coefficient (Wildman–Crippen LogP) is 3.43. The molecule has 22 heavy (non-hydrogen) atoms. The predicted molar refractivity (Wildman–Crippen MR) is 91.8 cm³/mol. The lowest BCUT2D eigenvalue weighted by molar-refractivity contribution is -0.123. The van der Waals surface area contributed by atoms with E-state index in [9.17, 15) is 4.79 Å². The highest BCUT2D eigenvalue weighted by atomic mass is 16.2. The molecule has 0 aliphatic heterocycles. The Bertz CT molecular complexity index is 512. The Morgan fingerprint density at radius 2 is 2.00 bits per heavy atom. The van der Waals surface area contributed by atoms with E-state index in [2.05, 4.69) is 49.2 Å². The number of rotatable bonds is 5. The molecule has 1 amide bonds. The fourth-order valence-electron chi connectivity index (χ4n) is 3.40. The largest absolute Gasteiger partial charge is 0.352 e. The first-order chi connectivity index (χ1) is 10.5. The van der Waals surface area contributed by atoms with Crippen molar-refractivity contribution < 1.29 is 4.79 Å². The summed E-state index contributed by atoms with van der Waals surface area (Å²) in [4.78, 5) is 14.3. The second kappa shape index (κ2) is 7.77. The molecule has 2 rings (SSSR count). The molecule has 122 valence electrons. The van der Waals surface area contributed by atoms with Crippen LogP contribution in [0.5, 0.6) is 0 Å². The molecule has 0 unspecified atom stereocenters. The summed E-state index contributed by atoms with van der Waals surface area (Å²) in [5, 5.41) is 3.23. The van der Waals surface area contributed by atoms with E-state index in [1.165, 1.54) is 36.0 Å². The third-order valence-corrected chi connectivity index (χ3v) is 4.81. The van der Waals surface area contributed by atoms with E-state index >= 15 is 0 Å². The summed E-state index contributed by atoms with van der Waals surface area (Å²) in [5.41, 5.74) is 3.88. The number of benzene rings is 1. The van der Waals surface area contributed by atoms with E-state index in [4.69, 9.17) is 0 Å². The van der Waals surface area contributed by atoms with Gasteiger partial charge in [-0.1, -0.05) is 43.5 Å². The van der Waals surface area contributed by atoms with Crippen LogP contribution in [0.3, 0.4) is 0 Å². The monoisotopic (exact) mass is 302 g/mol. The van der Waals surface area contributed by atoms with Gasteiger partial charge in [0.15, 0.2) is 0 Å². The van der Waals surface area contributed by atoms with Gasteiger partial charge in [-0.3, -0.25) is 9.69 Å². The zero-order valence-corrected chi connectivity index (χ0v) is 14.5. The van der Waals surface area contributed by atoms with Crippen molar-refractivity contribution in [2.45, 2.75) is 59.0 Å². The van der Waals surface area contributed by atoms with Crippen LogP contribution in [0, 0.1) is 19.8 Å². The minimum absolute atomic E-state index is 0.158. The Labute approximate surface area is 135 Å². The van der Waals surface area contributed by atoms with E-state index in [-0.39, 0.29) is 5.91 Å².